The van der Waals surface area contributed by atoms with Crippen LogP contribution in [0.3, 0.4) is 0 Å². The molecule has 3 N–H and O–H groups in total. The van der Waals surface area contributed by atoms with Crippen LogP contribution in [0.2, 0.25) is 0 Å². The summed E-state index contributed by atoms with van der Waals surface area (Å²) < 4.78 is 78.1. The third kappa shape index (κ3) is 7.64. The van der Waals surface area contributed by atoms with Crippen LogP contribution >= 0.6 is 11.3 Å². The molecule has 0 bridgehead atoms. The van der Waals surface area contributed by atoms with E-state index in [0.717, 1.165) is 12.1 Å². The molecule has 2 aromatic rings. The topological polar surface area (TPSA) is 108 Å². The fourth-order valence-electron chi connectivity index (χ4n) is 4.77. The summed E-state index contributed by atoms with van der Waals surface area (Å²) in [5.74, 6) is 0.000296. The molecule has 2 aliphatic heterocycles. The molecule has 0 radical (unpaired) electrons. The SMILES string of the molecule is O=C(CCCN1CCN(c2nnc(C(F)(F)F)s2)CC1)N1CCC(Nc2ccc(N(O)O)c(C(F)(F)F)c2)CC1. The van der Waals surface area contributed by atoms with Crippen molar-refractivity contribution >= 4 is 33.8 Å². The summed E-state index contributed by atoms with van der Waals surface area (Å²) in [6, 6.07) is 2.96. The molecule has 1 aromatic carbocycles. The Labute approximate surface area is 229 Å². The molecule has 2 aliphatic rings. The molecule has 0 atom stereocenters. The zero-order valence-corrected chi connectivity index (χ0v) is 22.1. The summed E-state index contributed by atoms with van der Waals surface area (Å²) in [6.45, 7) is 3.91. The molecule has 0 saturated carbocycles. The van der Waals surface area contributed by atoms with Gasteiger partial charge >= 0.3 is 12.4 Å². The minimum atomic E-state index is -4.78. The Morgan fingerprint density at radius 2 is 1.68 bits per heavy atom. The maximum atomic E-state index is 13.3. The van der Waals surface area contributed by atoms with Crippen LogP contribution in [0.15, 0.2) is 18.2 Å². The maximum Gasteiger partial charge on any atom is 0.445 e. The van der Waals surface area contributed by atoms with Gasteiger partial charge in [-0.15, -0.1) is 15.4 Å². The number of piperidine rings is 1. The van der Waals surface area contributed by atoms with Gasteiger partial charge in [0.15, 0.2) is 0 Å². The van der Waals surface area contributed by atoms with Gasteiger partial charge in [0, 0.05) is 57.4 Å². The Morgan fingerprint density at radius 1 is 1.00 bits per heavy atom. The fraction of sp³-hybridized carbons (Fsp3) is 0.609. The van der Waals surface area contributed by atoms with Gasteiger partial charge in [-0.1, -0.05) is 11.3 Å². The minimum Gasteiger partial charge on any atom is -0.382 e. The van der Waals surface area contributed by atoms with E-state index < -0.39 is 33.8 Å². The molecule has 0 unspecified atom stereocenters. The Bertz CT molecular complexity index is 1150. The smallest absolute Gasteiger partial charge is 0.382 e. The molecule has 1 amide bonds. The second-order valence-electron chi connectivity index (χ2n) is 9.64. The molecule has 2 saturated heterocycles. The van der Waals surface area contributed by atoms with E-state index >= 15 is 0 Å². The average Bonchev–Trinajstić information content (AvgIpc) is 3.40. The van der Waals surface area contributed by atoms with Crippen LogP contribution in [0.5, 0.6) is 0 Å². The number of nitrogens with one attached hydrogen (secondary N) is 1. The van der Waals surface area contributed by atoms with E-state index in [1.165, 1.54) is 6.07 Å². The van der Waals surface area contributed by atoms with E-state index in [1.807, 2.05) is 0 Å². The van der Waals surface area contributed by atoms with Gasteiger partial charge in [0.2, 0.25) is 16.0 Å². The number of benzene rings is 1. The number of hydrogen-bond acceptors (Lipinski definition) is 10. The Morgan fingerprint density at radius 3 is 2.25 bits per heavy atom. The quantitative estimate of drug-likeness (QED) is 0.305. The van der Waals surface area contributed by atoms with Crippen LogP contribution in [0.25, 0.3) is 0 Å². The van der Waals surface area contributed by atoms with Crippen LogP contribution in [-0.2, 0) is 17.1 Å². The van der Waals surface area contributed by atoms with Crippen molar-refractivity contribution in [2.75, 3.05) is 61.3 Å². The number of rotatable bonds is 8. The first-order valence-corrected chi connectivity index (χ1v) is 13.4. The highest BCUT2D eigenvalue weighted by Gasteiger charge is 2.37. The number of carbonyl (C=O) groups excluding carboxylic acids is 1. The van der Waals surface area contributed by atoms with Crippen molar-refractivity contribution in [2.45, 2.75) is 44.1 Å². The van der Waals surface area contributed by atoms with Crippen LogP contribution in [-0.4, -0.2) is 88.2 Å². The summed E-state index contributed by atoms with van der Waals surface area (Å²) in [4.78, 5) is 18.3. The van der Waals surface area contributed by atoms with Crippen LogP contribution in [0, 0.1) is 0 Å². The van der Waals surface area contributed by atoms with E-state index in [0.29, 0.717) is 82.8 Å². The second kappa shape index (κ2) is 12.3. The Balaban J connectivity index is 1.16. The predicted octanol–water partition coefficient (Wildman–Crippen LogP) is 4.17. The molecular formula is C23H29F6N7O3S. The number of hydrogen-bond donors (Lipinski definition) is 3. The number of aromatic nitrogens is 2. The van der Waals surface area contributed by atoms with E-state index in [2.05, 4.69) is 20.4 Å². The highest BCUT2D eigenvalue weighted by atomic mass is 32.1. The molecule has 1 aromatic heterocycles. The molecule has 40 heavy (non-hydrogen) atoms. The van der Waals surface area contributed by atoms with Crippen molar-refractivity contribution in [3.63, 3.8) is 0 Å². The first-order chi connectivity index (χ1) is 18.8. The fourth-order valence-corrected chi connectivity index (χ4v) is 5.53. The zero-order chi connectivity index (χ0) is 29.1. The summed E-state index contributed by atoms with van der Waals surface area (Å²) in [7, 11) is 0. The van der Waals surface area contributed by atoms with Gasteiger partial charge in [0.1, 0.15) is 5.69 Å². The van der Waals surface area contributed by atoms with Gasteiger partial charge in [-0.3, -0.25) is 20.1 Å². The molecule has 2 fully saturated rings. The molecule has 10 nitrogen and oxygen atoms in total. The van der Waals surface area contributed by atoms with Crippen molar-refractivity contribution in [2.24, 2.45) is 0 Å². The molecule has 0 spiro atoms. The first kappa shape index (κ1) is 30.1. The zero-order valence-electron chi connectivity index (χ0n) is 21.2. The molecule has 4 rings (SSSR count). The van der Waals surface area contributed by atoms with Crippen molar-refractivity contribution in [1.29, 1.82) is 0 Å². The van der Waals surface area contributed by atoms with E-state index in [-0.39, 0.29) is 22.8 Å². The van der Waals surface area contributed by atoms with Gasteiger partial charge in [-0.25, -0.2) is 0 Å². The normalized spacial score (nSPS) is 17.8. The number of likely N-dealkylation sites (tertiary alicyclic amines) is 1. The standard InChI is InChI=1S/C23H29F6N7O3S/c24-22(25,26)17-14-16(3-4-18(17)36(38)39)30-15-5-8-34(9-6-15)19(37)2-1-7-33-10-12-35(13-11-33)21-32-31-20(40-21)23(27,28)29/h3-4,14-15,30,38-39H,1-2,5-13H2. The maximum absolute atomic E-state index is 13.3. The lowest BCUT2D eigenvalue weighted by atomic mass is 10.0. The minimum absolute atomic E-state index is 0.000296. The number of anilines is 3. The lowest BCUT2D eigenvalue weighted by Gasteiger charge is -2.35. The molecular weight excluding hydrogens is 568 g/mol. The van der Waals surface area contributed by atoms with E-state index in [4.69, 9.17) is 10.4 Å². The van der Waals surface area contributed by atoms with Gasteiger partial charge < -0.3 is 15.1 Å². The van der Waals surface area contributed by atoms with Gasteiger partial charge in [0.05, 0.1) is 5.56 Å². The van der Waals surface area contributed by atoms with Crippen molar-refractivity contribution in [1.82, 2.24) is 20.0 Å². The number of nitrogens with zero attached hydrogens (tertiary/aromatic N) is 6. The van der Waals surface area contributed by atoms with Gasteiger partial charge in [-0.2, -0.15) is 26.3 Å². The summed E-state index contributed by atoms with van der Waals surface area (Å²) in [5, 5.41) is 26.8. The number of alkyl halides is 6. The summed E-state index contributed by atoms with van der Waals surface area (Å²) in [5.41, 5.74) is -1.78. The third-order valence-corrected chi connectivity index (χ3v) is 7.93. The number of amides is 1. The van der Waals surface area contributed by atoms with Gasteiger partial charge in [0.25, 0.3) is 0 Å². The lowest BCUT2D eigenvalue weighted by Crippen LogP contribution is -2.47. The largest absolute Gasteiger partial charge is 0.445 e. The van der Waals surface area contributed by atoms with Crippen molar-refractivity contribution in [3.05, 3.63) is 28.8 Å². The number of carbonyl (C=O) groups is 1. The molecule has 222 valence electrons. The second-order valence-corrected chi connectivity index (χ2v) is 10.6. The van der Waals surface area contributed by atoms with Crippen LogP contribution < -0.4 is 15.4 Å². The average molecular weight is 598 g/mol. The highest BCUT2D eigenvalue weighted by Crippen LogP contribution is 2.38. The number of piperazine rings is 1. The third-order valence-electron chi connectivity index (χ3n) is 6.90. The molecule has 0 aliphatic carbocycles. The number of halogens is 6. The highest BCUT2D eigenvalue weighted by molar-refractivity contribution is 7.15. The van der Waals surface area contributed by atoms with Crippen LogP contribution in [0.4, 0.5) is 42.8 Å². The van der Waals surface area contributed by atoms with Crippen LogP contribution in [0.1, 0.15) is 36.3 Å². The lowest BCUT2D eigenvalue weighted by molar-refractivity contribution is -0.139. The Kier molecular flexibility index (Phi) is 9.26. The molecule has 3 heterocycles. The Hall–Kier alpha value is -2.89. The molecule has 17 heteroatoms. The predicted molar refractivity (Wildman–Crippen MR) is 134 cm³/mol. The monoisotopic (exact) mass is 597 g/mol. The van der Waals surface area contributed by atoms with E-state index in [1.54, 1.807) is 9.80 Å². The summed E-state index contributed by atoms with van der Waals surface area (Å²) >= 11 is 0.529. The first-order valence-electron chi connectivity index (χ1n) is 12.6. The van der Waals surface area contributed by atoms with Gasteiger partial charge in [-0.05, 0) is 44.0 Å². The van der Waals surface area contributed by atoms with Crippen molar-refractivity contribution < 1.29 is 41.6 Å². The summed E-state index contributed by atoms with van der Waals surface area (Å²) in [6.07, 6.45) is -7.21. The van der Waals surface area contributed by atoms with E-state index in [9.17, 15) is 31.1 Å². The van der Waals surface area contributed by atoms with Crippen molar-refractivity contribution in [3.8, 4) is 0 Å².